The van der Waals surface area contributed by atoms with Crippen molar-refractivity contribution < 1.29 is 8.83 Å². The smallest absolute Gasteiger partial charge is 0.238 e. The topological polar surface area (TPSA) is 74.8 Å². The summed E-state index contributed by atoms with van der Waals surface area (Å²) in [5, 5.41) is 8.61. The molecule has 0 unspecified atom stereocenters. The van der Waals surface area contributed by atoms with Crippen LogP contribution in [0.3, 0.4) is 0 Å². The number of hydrogen-bond acceptors (Lipinski definition) is 5. The summed E-state index contributed by atoms with van der Waals surface area (Å²) in [6.45, 7) is 0. The van der Waals surface area contributed by atoms with Crippen molar-refractivity contribution in [3.05, 3.63) is 200 Å². The maximum Gasteiger partial charge on any atom is 0.238 e. The minimum Gasteiger partial charge on any atom is -0.456 e. The van der Waals surface area contributed by atoms with Crippen molar-refractivity contribution in [3.63, 3.8) is 0 Å². The van der Waals surface area contributed by atoms with E-state index in [9.17, 15) is 0 Å². The number of fused-ring (bicyclic) bond motifs is 13. The number of furan rings is 2. The van der Waals surface area contributed by atoms with Crippen LogP contribution in [0.25, 0.3) is 133 Å². The van der Waals surface area contributed by atoms with Gasteiger partial charge in [0.15, 0.2) is 17.2 Å². The normalized spacial score (nSPS) is 12.1. The van der Waals surface area contributed by atoms with Crippen molar-refractivity contribution in [2.24, 2.45) is 0 Å². The Bertz CT molecular complexity index is 4200. The van der Waals surface area contributed by atoms with E-state index in [2.05, 4.69) is 155 Å². The van der Waals surface area contributed by atoms with E-state index in [1.165, 1.54) is 0 Å². The maximum absolute atomic E-state index is 6.90. The van der Waals surface area contributed by atoms with Gasteiger partial charge >= 0.3 is 0 Å². The van der Waals surface area contributed by atoms with Crippen molar-refractivity contribution in [2.75, 3.05) is 0 Å². The van der Waals surface area contributed by atoms with Gasteiger partial charge in [-0.05, 0) is 65.7 Å². The SMILES string of the molecule is c1ccc(-c2cc(-n3c4ccccc4c4ccc5c6ccccc6n(-c6nc(-c7ccccc7)nc(-c7ccc8oc9ccccc9c8c7)n6)c5c43)c3oc4ccccc4c3c2)cc1. The lowest BCUT2D eigenvalue weighted by atomic mass is 10.0. The highest BCUT2D eigenvalue weighted by Gasteiger charge is 2.26. The number of rotatable bonds is 5. The van der Waals surface area contributed by atoms with E-state index in [1.807, 2.05) is 54.6 Å². The van der Waals surface area contributed by atoms with Crippen LogP contribution in [0.4, 0.5) is 0 Å². The predicted octanol–water partition coefficient (Wildman–Crippen LogP) is 14.9. The molecule has 0 saturated carbocycles. The van der Waals surface area contributed by atoms with Crippen molar-refractivity contribution >= 4 is 87.5 Å². The van der Waals surface area contributed by atoms with Crippen LogP contribution in [-0.4, -0.2) is 24.1 Å². The summed E-state index contributed by atoms with van der Waals surface area (Å²) in [6, 6.07) is 69.7. The molecule has 0 atom stereocenters. The fraction of sp³-hybridized carbons (Fsp3) is 0. The quantitative estimate of drug-likeness (QED) is 0.173. The Hall–Kier alpha value is -8.81. The number of hydrogen-bond donors (Lipinski definition) is 0. The second-order valence-electron chi connectivity index (χ2n) is 16.4. The first-order chi connectivity index (χ1) is 31.7. The van der Waals surface area contributed by atoms with E-state index in [-0.39, 0.29) is 0 Å². The summed E-state index contributed by atoms with van der Waals surface area (Å²) in [4.78, 5) is 16.0. The molecular weight excluding hydrogens is 787 g/mol. The average Bonchev–Trinajstić information content (AvgIpc) is 4.12. The van der Waals surface area contributed by atoms with Gasteiger partial charge in [-0.2, -0.15) is 9.97 Å². The standard InChI is InChI=1S/C57H33N5O2/c1-3-15-34(16-4-1)37-32-45-41-22-10-14-26-50(41)64-54(45)48(33-37)61-46-23-11-7-19-38(46)42-28-29-43-39-20-8-12-24-47(39)62(53(43)52(42)61)57-59-55(35-17-5-2-6-18-35)58-56(60-57)36-27-30-51-44(31-36)40-21-9-13-25-49(40)63-51/h1-33H. The highest BCUT2D eigenvalue weighted by atomic mass is 16.3. The van der Waals surface area contributed by atoms with Gasteiger partial charge in [0.25, 0.3) is 0 Å². The minimum atomic E-state index is 0.517. The van der Waals surface area contributed by atoms with Gasteiger partial charge in [0.2, 0.25) is 5.95 Å². The Morgan fingerprint density at radius 3 is 1.53 bits per heavy atom. The van der Waals surface area contributed by atoms with Crippen molar-refractivity contribution in [1.29, 1.82) is 0 Å². The molecule has 0 N–H and O–H groups in total. The Morgan fingerprint density at radius 1 is 0.312 bits per heavy atom. The minimum absolute atomic E-state index is 0.517. The third-order valence-electron chi connectivity index (χ3n) is 12.8. The number of para-hydroxylation sites is 4. The average molecular weight is 820 g/mol. The van der Waals surface area contributed by atoms with Crippen molar-refractivity contribution in [3.8, 4) is 45.5 Å². The molecule has 0 amide bonds. The van der Waals surface area contributed by atoms with E-state index in [4.69, 9.17) is 23.8 Å². The van der Waals surface area contributed by atoms with Gasteiger partial charge in [0.05, 0.1) is 27.8 Å². The molecule has 298 valence electrons. The lowest BCUT2D eigenvalue weighted by Gasteiger charge is -2.14. The first-order valence-electron chi connectivity index (χ1n) is 21.4. The third kappa shape index (κ3) is 5.06. The molecule has 0 radical (unpaired) electrons. The highest BCUT2D eigenvalue weighted by molar-refractivity contribution is 6.24. The molecule has 7 heteroatoms. The predicted molar refractivity (Wildman–Crippen MR) is 259 cm³/mol. The third-order valence-corrected chi connectivity index (χ3v) is 12.8. The molecular formula is C57H33N5O2. The molecule has 64 heavy (non-hydrogen) atoms. The summed E-state index contributed by atoms with van der Waals surface area (Å²) >= 11 is 0. The molecule has 14 aromatic rings. The molecule has 0 saturated heterocycles. The molecule has 9 aromatic carbocycles. The Balaban J connectivity index is 1.13. The van der Waals surface area contributed by atoms with Crippen molar-refractivity contribution in [1.82, 2.24) is 24.1 Å². The van der Waals surface area contributed by atoms with Crippen LogP contribution in [-0.2, 0) is 0 Å². The molecule has 14 rings (SSSR count). The molecule has 0 aliphatic rings. The van der Waals surface area contributed by atoms with Gasteiger partial charge in [0, 0.05) is 54.2 Å². The Morgan fingerprint density at radius 2 is 0.828 bits per heavy atom. The highest BCUT2D eigenvalue weighted by Crippen LogP contribution is 2.45. The number of nitrogens with zero attached hydrogens (tertiary/aromatic N) is 5. The molecule has 0 spiro atoms. The molecule has 5 heterocycles. The number of aromatic nitrogens is 5. The van der Waals surface area contributed by atoms with Gasteiger partial charge in [-0.1, -0.05) is 146 Å². The summed E-state index contributed by atoms with van der Waals surface area (Å²) in [5.41, 5.74) is 12.3. The monoisotopic (exact) mass is 819 g/mol. The van der Waals surface area contributed by atoms with E-state index >= 15 is 0 Å². The Labute approximate surface area is 364 Å². The fourth-order valence-electron chi connectivity index (χ4n) is 9.91. The van der Waals surface area contributed by atoms with Gasteiger partial charge in [-0.15, -0.1) is 0 Å². The lowest BCUT2D eigenvalue weighted by Crippen LogP contribution is -2.07. The zero-order chi connectivity index (χ0) is 41.9. The lowest BCUT2D eigenvalue weighted by molar-refractivity contribution is 0.666. The second kappa shape index (κ2) is 13.3. The van der Waals surface area contributed by atoms with Crippen LogP contribution in [0, 0.1) is 0 Å². The molecule has 0 fully saturated rings. The van der Waals surface area contributed by atoms with Crippen LogP contribution >= 0.6 is 0 Å². The van der Waals surface area contributed by atoms with Crippen LogP contribution in [0.5, 0.6) is 0 Å². The van der Waals surface area contributed by atoms with E-state index in [0.29, 0.717) is 17.6 Å². The first-order valence-corrected chi connectivity index (χ1v) is 21.4. The first kappa shape index (κ1) is 34.9. The van der Waals surface area contributed by atoms with Gasteiger partial charge < -0.3 is 13.4 Å². The molecule has 0 aliphatic carbocycles. The van der Waals surface area contributed by atoms with Crippen LogP contribution in [0.1, 0.15) is 0 Å². The van der Waals surface area contributed by atoms with Gasteiger partial charge in [0.1, 0.15) is 16.7 Å². The van der Waals surface area contributed by atoms with Crippen LogP contribution in [0.15, 0.2) is 209 Å². The summed E-state index contributed by atoms with van der Waals surface area (Å²) in [7, 11) is 0. The zero-order valence-electron chi connectivity index (χ0n) is 34.1. The number of benzene rings is 9. The van der Waals surface area contributed by atoms with Gasteiger partial charge in [-0.25, -0.2) is 4.98 Å². The van der Waals surface area contributed by atoms with E-state index in [0.717, 1.165) is 115 Å². The molecule has 7 nitrogen and oxygen atoms in total. The largest absolute Gasteiger partial charge is 0.456 e. The maximum atomic E-state index is 6.90. The Kier molecular flexibility index (Phi) is 7.27. The fourth-order valence-corrected chi connectivity index (χ4v) is 9.91. The van der Waals surface area contributed by atoms with E-state index < -0.39 is 0 Å². The molecule has 0 aliphatic heterocycles. The summed E-state index contributed by atoms with van der Waals surface area (Å²) < 4.78 is 17.8. The van der Waals surface area contributed by atoms with Gasteiger partial charge in [-0.3, -0.25) is 4.57 Å². The molecule has 5 aromatic heterocycles. The summed E-state index contributed by atoms with van der Waals surface area (Å²) in [6.07, 6.45) is 0. The van der Waals surface area contributed by atoms with Crippen LogP contribution in [0.2, 0.25) is 0 Å². The van der Waals surface area contributed by atoms with Crippen molar-refractivity contribution in [2.45, 2.75) is 0 Å². The van der Waals surface area contributed by atoms with E-state index in [1.54, 1.807) is 0 Å². The van der Waals surface area contributed by atoms with Crippen LogP contribution < -0.4 is 0 Å². The zero-order valence-corrected chi connectivity index (χ0v) is 34.1. The summed E-state index contributed by atoms with van der Waals surface area (Å²) in [5.74, 6) is 1.66. The second-order valence-corrected chi connectivity index (χ2v) is 16.4. The molecule has 0 bridgehead atoms.